The average Bonchev–Trinajstić information content (AvgIpc) is 2.92. The Kier molecular flexibility index (Phi) is 10.1. The predicted molar refractivity (Wildman–Crippen MR) is 161 cm³/mol. The molecule has 0 radical (unpaired) electrons. The number of likely N-dealkylation sites (tertiary alicyclic amines) is 1. The van der Waals surface area contributed by atoms with Gasteiger partial charge in [0.15, 0.2) is 0 Å². The third-order valence-corrected chi connectivity index (χ3v) is 7.63. The first-order valence-corrected chi connectivity index (χ1v) is 14.3. The first kappa shape index (κ1) is 29.1. The van der Waals surface area contributed by atoms with E-state index in [2.05, 4.69) is 89.6 Å². The summed E-state index contributed by atoms with van der Waals surface area (Å²) in [6.07, 6.45) is 1.99. The molecule has 0 bridgehead atoms. The largest absolute Gasteiger partial charge is 0.489 e. The fourth-order valence-corrected chi connectivity index (χ4v) is 5.72. The number of ether oxygens (including phenoxy) is 1. The van der Waals surface area contributed by atoms with Crippen LogP contribution in [0.5, 0.6) is 5.75 Å². The highest BCUT2D eigenvalue weighted by molar-refractivity contribution is 6.32. The van der Waals surface area contributed by atoms with E-state index in [4.69, 9.17) is 16.3 Å². The molecule has 4 rings (SSSR count). The van der Waals surface area contributed by atoms with Crippen molar-refractivity contribution in [3.8, 4) is 5.75 Å². The van der Waals surface area contributed by atoms with E-state index < -0.39 is 0 Å². The summed E-state index contributed by atoms with van der Waals surface area (Å²) in [4.78, 5) is 17.4. The Morgan fingerprint density at radius 3 is 2.13 bits per heavy atom. The number of halogens is 1. The third-order valence-electron chi connectivity index (χ3n) is 7.34. The summed E-state index contributed by atoms with van der Waals surface area (Å²) < 4.78 is 6.31. The highest BCUT2D eigenvalue weighted by Crippen LogP contribution is 2.30. The van der Waals surface area contributed by atoms with Gasteiger partial charge in [0.2, 0.25) is 0 Å². The molecule has 1 N–H and O–H groups in total. The molecular weight excluding hydrogens is 506 g/mol. The fraction of sp³-hybridized carbons (Fsp3) is 0.424. The maximum Gasteiger partial charge on any atom is 0.251 e. The van der Waals surface area contributed by atoms with Gasteiger partial charge in [0.25, 0.3) is 5.91 Å². The normalized spacial score (nSPS) is 15.1. The van der Waals surface area contributed by atoms with Crippen molar-refractivity contribution in [3.05, 3.63) is 101 Å². The van der Waals surface area contributed by atoms with Gasteiger partial charge in [-0.3, -0.25) is 4.79 Å². The first-order chi connectivity index (χ1) is 18.7. The monoisotopic (exact) mass is 547 g/mol. The number of carbonyl (C=O) groups excluding carboxylic acids is 1. The Balaban J connectivity index is 1.30. The van der Waals surface area contributed by atoms with Gasteiger partial charge in [0, 0.05) is 44.2 Å². The van der Waals surface area contributed by atoms with E-state index in [-0.39, 0.29) is 17.4 Å². The molecule has 208 valence electrons. The Bertz CT molecular complexity index is 1150. The number of hydrogen-bond acceptors (Lipinski definition) is 4. The second-order valence-corrected chi connectivity index (χ2v) is 12.1. The molecule has 1 fully saturated rings. The van der Waals surface area contributed by atoms with E-state index in [0.29, 0.717) is 28.8 Å². The average molecular weight is 548 g/mol. The molecule has 0 saturated carbocycles. The lowest BCUT2D eigenvalue weighted by molar-refractivity contribution is 0.0928. The van der Waals surface area contributed by atoms with Gasteiger partial charge < -0.3 is 19.9 Å². The number of piperidine rings is 1. The molecular formula is C33H42ClN3O2. The van der Waals surface area contributed by atoms with Crippen molar-refractivity contribution in [2.24, 2.45) is 5.41 Å². The summed E-state index contributed by atoms with van der Waals surface area (Å²) in [7, 11) is 4.08. The summed E-state index contributed by atoms with van der Waals surface area (Å²) in [5, 5.41) is 3.52. The van der Waals surface area contributed by atoms with Gasteiger partial charge in [-0.2, -0.15) is 0 Å². The van der Waals surface area contributed by atoms with Crippen molar-refractivity contribution in [2.45, 2.75) is 38.7 Å². The number of rotatable bonds is 11. The van der Waals surface area contributed by atoms with Crippen LogP contribution >= 0.6 is 11.6 Å². The van der Waals surface area contributed by atoms with E-state index in [1.54, 1.807) is 12.1 Å². The third kappa shape index (κ3) is 8.56. The molecule has 0 spiro atoms. The minimum Gasteiger partial charge on any atom is -0.489 e. The number of nitrogens with zero attached hydrogens (tertiary/aromatic N) is 2. The molecule has 6 heteroatoms. The molecule has 3 aromatic rings. The summed E-state index contributed by atoms with van der Waals surface area (Å²) in [6.45, 7) is 8.70. The molecule has 0 unspecified atom stereocenters. The van der Waals surface area contributed by atoms with E-state index in [0.717, 1.165) is 39.0 Å². The number of carbonyl (C=O) groups is 1. The quantitative estimate of drug-likeness (QED) is 0.304. The van der Waals surface area contributed by atoms with Gasteiger partial charge in [0.1, 0.15) is 11.9 Å². The van der Waals surface area contributed by atoms with Gasteiger partial charge >= 0.3 is 0 Å². The molecule has 0 aliphatic carbocycles. The molecule has 3 aromatic carbocycles. The van der Waals surface area contributed by atoms with Crippen LogP contribution in [0.1, 0.15) is 54.1 Å². The van der Waals surface area contributed by atoms with Crippen LogP contribution in [-0.2, 0) is 0 Å². The Hall–Kier alpha value is -2.86. The molecule has 1 aliphatic heterocycles. The Labute approximate surface area is 239 Å². The second-order valence-electron chi connectivity index (χ2n) is 11.7. The molecule has 1 aliphatic rings. The van der Waals surface area contributed by atoms with Crippen LogP contribution < -0.4 is 10.1 Å². The summed E-state index contributed by atoms with van der Waals surface area (Å²) in [5.74, 6) is 0.868. The first-order valence-electron chi connectivity index (χ1n) is 13.9. The minimum atomic E-state index is -0.116. The zero-order valence-electron chi connectivity index (χ0n) is 23.7. The van der Waals surface area contributed by atoms with Crippen LogP contribution in [-0.4, -0.2) is 68.6 Å². The van der Waals surface area contributed by atoms with Gasteiger partial charge in [-0.15, -0.1) is 0 Å². The maximum atomic E-state index is 12.7. The molecule has 1 amide bonds. The summed E-state index contributed by atoms with van der Waals surface area (Å²) in [5.41, 5.74) is 3.22. The number of nitrogens with one attached hydrogen (secondary N) is 1. The van der Waals surface area contributed by atoms with Crippen molar-refractivity contribution < 1.29 is 9.53 Å². The molecule has 0 aromatic heterocycles. The summed E-state index contributed by atoms with van der Waals surface area (Å²) >= 11 is 6.56. The van der Waals surface area contributed by atoms with Crippen molar-refractivity contribution in [3.63, 3.8) is 0 Å². The van der Waals surface area contributed by atoms with Crippen LogP contribution in [0.15, 0.2) is 78.9 Å². The van der Waals surface area contributed by atoms with Gasteiger partial charge in [-0.05, 0) is 61.7 Å². The topological polar surface area (TPSA) is 44.8 Å². The van der Waals surface area contributed by atoms with E-state index in [9.17, 15) is 4.79 Å². The van der Waals surface area contributed by atoms with E-state index in [1.165, 1.54) is 11.1 Å². The SMILES string of the molecule is CN(C)CC(C)(C)CNC(=O)c1ccc(OC2CCN(CC(c3ccccc3)c3ccccc3)CC2)c(Cl)c1. The fourth-order valence-electron chi connectivity index (χ4n) is 5.49. The molecule has 39 heavy (non-hydrogen) atoms. The Morgan fingerprint density at radius 2 is 1.59 bits per heavy atom. The highest BCUT2D eigenvalue weighted by atomic mass is 35.5. The van der Waals surface area contributed by atoms with Gasteiger partial charge in [-0.1, -0.05) is 86.1 Å². The standard InChI is InChI=1S/C33H42ClN3O2/c1-33(2,24-36(3)4)23-35-32(38)27-15-16-31(30(34)21-27)39-28-17-19-37(20-18-28)22-29(25-11-7-5-8-12-25)26-13-9-6-10-14-26/h5-16,21,28-29H,17-20,22-24H2,1-4H3,(H,35,38). The van der Waals surface area contributed by atoms with Crippen LogP contribution in [0.25, 0.3) is 0 Å². The lowest BCUT2D eigenvalue weighted by atomic mass is 9.90. The lowest BCUT2D eigenvalue weighted by Gasteiger charge is -2.34. The zero-order chi connectivity index (χ0) is 27.8. The van der Waals surface area contributed by atoms with Crippen molar-refractivity contribution in [1.82, 2.24) is 15.1 Å². The van der Waals surface area contributed by atoms with Crippen LogP contribution in [0, 0.1) is 5.41 Å². The van der Waals surface area contributed by atoms with Gasteiger partial charge in [-0.25, -0.2) is 0 Å². The zero-order valence-corrected chi connectivity index (χ0v) is 24.5. The number of amides is 1. The molecule has 5 nitrogen and oxygen atoms in total. The van der Waals surface area contributed by atoms with Crippen LogP contribution in [0.4, 0.5) is 0 Å². The van der Waals surface area contributed by atoms with Crippen molar-refractivity contribution in [2.75, 3.05) is 46.8 Å². The van der Waals surface area contributed by atoms with E-state index in [1.807, 2.05) is 20.2 Å². The smallest absolute Gasteiger partial charge is 0.251 e. The van der Waals surface area contributed by atoms with Crippen molar-refractivity contribution in [1.29, 1.82) is 0 Å². The van der Waals surface area contributed by atoms with Crippen LogP contribution in [0.2, 0.25) is 5.02 Å². The predicted octanol–water partition coefficient (Wildman–Crippen LogP) is 6.33. The highest BCUT2D eigenvalue weighted by Gasteiger charge is 2.25. The molecule has 1 saturated heterocycles. The molecule has 1 heterocycles. The molecule has 0 atom stereocenters. The minimum absolute atomic E-state index is 0.0247. The number of benzene rings is 3. The Morgan fingerprint density at radius 1 is 1.00 bits per heavy atom. The summed E-state index contributed by atoms with van der Waals surface area (Å²) in [6, 6.07) is 26.9. The second kappa shape index (κ2) is 13.5. The van der Waals surface area contributed by atoms with E-state index >= 15 is 0 Å². The lowest BCUT2D eigenvalue weighted by Crippen LogP contribution is -2.40. The maximum absolute atomic E-state index is 12.7. The number of hydrogen-bond donors (Lipinski definition) is 1. The van der Waals surface area contributed by atoms with Crippen molar-refractivity contribution >= 4 is 17.5 Å². The van der Waals surface area contributed by atoms with Crippen LogP contribution in [0.3, 0.4) is 0 Å². The van der Waals surface area contributed by atoms with Gasteiger partial charge in [0.05, 0.1) is 5.02 Å².